The van der Waals surface area contributed by atoms with Crippen molar-refractivity contribution in [3.05, 3.63) is 59.5 Å². The third kappa shape index (κ3) is 6.84. The van der Waals surface area contributed by atoms with Crippen molar-refractivity contribution in [1.82, 2.24) is 24.5 Å². The van der Waals surface area contributed by atoms with E-state index in [0.29, 0.717) is 47.7 Å². The molecule has 8 nitrogen and oxygen atoms in total. The molecule has 2 aliphatic heterocycles. The highest BCUT2D eigenvalue weighted by Gasteiger charge is 2.33. The molecule has 4 heterocycles. The van der Waals surface area contributed by atoms with Gasteiger partial charge in [-0.1, -0.05) is 17.4 Å². The molecule has 0 spiro atoms. The topological polar surface area (TPSA) is 79.2 Å². The van der Waals surface area contributed by atoms with Gasteiger partial charge in [-0.25, -0.2) is 18.6 Å². The Balaban J connectivity index is 1.12. The van der Waals surface area contributed by atoms with Crippen molar-refractivity contribution in [2.24, 2.45) is 0 Å². The molecule has 2 aliphatic rings. The highest BCUT2D eigenvalue weighted by atomic mass is 32.1. The summed E-state index contributed by atoms with van der Waals surface area (Å²) in [6.07, 6.45) is 4.32. The number of ether oxygens (including phenoxy) is 1. The molecule has 2 amide bonds. The second-order valence-corrected chi connectivity index (χ2v) is 14.2. The van der Waals surface area contributed by atoms with Crippen molar-refractivity contribution >= 4 is 38.5 Å². The van der Waals surface area contributed by atoms with Crippen molar-refractivity contribution < 1.29 is 23.1 Å². The first-order valence-corrected chi connectivity index (χ1v) is 16.7. The van der Waals surface area contributed by atoms with Gasteiger partial charge >= 0.3 is 6.09 Å². The van der Waals surface area contributed by atoms with Gasteiger partial charge in [-0.15, -0.1) is 0 Å². The molecule has 240 valence electrons. The van der Waals surface area contributed by atoms with E-state index in [9.17, 15) is 14.0 Å². The molecular weight excluding hydrogens is 596 g/mol. The summed E-state index contributed by atoms with van der Waals surface area (Å²) in [7, 11) is 0. The van der Waals surface area contributed by atoms with Crippen LogP contribution in [0.25, 0.3) is 26.4 Å². The standard InChI is InChI=1S/C34H41F2N5O3S/c1-21(39-16-12-24(35)13-17-39)11-14-37-31(42)23-8-10-29-30(19-23)45-32-38-27(20-41(29)32)25-9-7-22(18-26(25)36)28-6-5-15-40(28)33(43)44-34(2,3)4/h7-10,18-21,24,28H,5-6,11-17H2,1-4H3,(H,37,42). The molecule has 1 N–H and O–H groups in total. The van der Waals surface area contributed by atoms with E-state index in [2.05, 4.69) is 17.1 Å². The summed E-state index contributed by atoms with van der Waals surface area (Å²) in [6, 6.07) is 10.7. The van der Waals surface area contributed by atoms with Crippen molar-refractivity contribution in [3.8, 4) is 11.3 Å². The second-order valence-electron chi connectivity index (χ2n) is 13.2. The fourth-order valence-electron chi connectivity index (χ4n) is 6.36. The van der Waals surface area contributed by atoms with Crippen LogP contribution in [0.5, 0.6) is 0 Å². The number of imidazole rings is 1. The summed E-state index contributed by atoms with van der Waals surface area (Å²) in [6.45, 7) is 10.3. The number of alkyl halides is 1. The molecular formula is C34H41F2N5O3S. The van der Waals surface area contributed by atoms with Gasteiger partial charge in [0.25, 0.3) is 5.91 Å². The molecule has 2 saturated heterocycles. The van der Waals surface area contributed by atoms with Gasteiger partial charge in [0.2, 0.25) is 0 Å². The van der Waals surface area contributed by atoms with Gasteiger partial charge in [-0.2, -0.15) is 0 Å². The van der Waals surface area contributed by atoms with Gasteiger partial charge in [0.1, 0.15) is 17.6 Å². The maximum absolute atomic E-state index is 15.5. The number of likely N-dealkylation sites (tertiary alicyclic amines) is 2. The molecule has 11 heteroatoms. The summed E-state index contributed by atoms with van der Waals surface area (Å²) in [5, 5.41) is 3.02. The lowest BCUT2D eigenvalue weighted by Crippen LogP contribution is -2.42. The van der Waals surface area contributed by atoms with E-state index in [1.54, 1.807) is 17.0 Å². The van der Waals surface area contributed by atoms with E-state index in [-0.39, 0.29) is 24.1 Å². The number of fused-ring (bicyclic) bond motifs is 3. The zero-order valence-corrected chi connectivity index (χ0v) is 27.1. The summed E-state index contributed by atoms with van der Waals surface area (Å²) >= 11 is 1.45. The number of benzene rings is 2. The SMILES string of the molecule is CC(CCNC(=O)c1ccc2c(c1)sc1nc(-c3ccc(C4CCCN4C(=O)OC(C)(C)C)cc3F)cn12)N1CCC(F)CC1. The molecule has 2 aromatic heterocycles. The van der Waals surface area contributed by atoms with Crippen LogP contribution >= 0.6 is 11.3 Å². The minimum Gasteiger partial charge on any atom is -0.444 e. The van der Waals surface area contributed by atoms with Gasteiger partial charge < -0.3 is 19.9 Å². The van der Waals surface area contributed by atoms with Crippen LogP contribution in [0, 0.1) is 5.82 Å². The highest BCUT2D eigenvalue weighted by Crippen LogP contribution is 2.36. The molecule has 2 atom stereocenters. The first-order chi connectivity index (χ1) is 21.5. The lowest BCUT2D eigenvalue weighted by Gasteiger charge is -2.33. The Kier molecular flexibility index (Phi) is 8.85. The number of piperidine rings is 1. The van der Waals surface area contributed by atoms with Crippen molar-refractivity contribution in [2.75, 3.05) is 26.2 Å². The molecule has 45 heavy (non-hydrogen) atoms. The maximum atomic E-state index is 15.5. The van der Waals surface area contributed by atoms with E-state index < -0.39 is 17.6 Å². The Bertz CT molecular complexity index is 1710. The van der Waals surface area contributed by atoms with E-state index in [1.807, 2.05) is 49.6 Å². The van der Waals surface area contributed by atoms with Gasteiger partial charge in [0.05, 0.1) is 22.0 Å². The normalized spacial score (nSPS) is 19.0. The third-order valence-electron chi connectivity index (χ3n) is 8.82. The Labute approximate surface area is 266 Å². The van der Waals surface area contributed by atoms with Gasteiger partial charge in [0.15, 0.2) is 4.96 Å². The Hall–Kier alpha value is -3.57. The number of hydrogen-bond donors (Lipinski definition) is 1. The monoisotopic (exact) mass is 637 g/mol. The van der Waals surface area contributed by atoms with Crippen LogP contribution in [0.1, 0.15) is 81.8 Å². The van der Waals surface area contributed by atoms with Crippen LogP contribution in [0.2, 0.25) is 0 Å². The number of nitrogens with zero attached hydrogens (tertiary/aromatic N) is 4. The first kappa shape index (κ1) is 31.4. The Morgan fingerprint density at radius 2 is 1.89 bits per heavy atom. The molecule has 4 aromatic rings. The summed E-state index contributed by atoms with van der Waals surface area (Å²) < 4.78 is 37.4. The van der Waals surface area contributed by atoms with Crippen LogP contribution in [-0.4, -0.2) is 75.2 Å². The van der Waals surface area contributed by atoms with Gasteiger partial charge in [0, 0.05) is 49.5 Å². The highest BCUT2D eigenvalue weighted by molar-refractivity contribution is 7.23. The van der Waals surface area contributed by atoms with E-state index in [1.165, 1.54) is 17.4 Å². The molecule has 0 aliphatic carbocycles. The molecule has 0 bridgehead atoms. The minimum atomic E-state index is -0.691. The number of halogens is 2. The van der Waals surface area contributed by atoms with Crippen LogP contribution in [-0.2, 0) is 4.74 Å². The average molecular weight is 638 g/mol. The number of hydrogen-bond acceptors (Lipinski definition) is 6. The van der Waals surface area contributed by atoms with Crippen molar-refractivity contribution in [3.63, 3.8) is 0 Å². The lowest BCUT2D eigenvalue weighted by atomic mass is 10.0. The minimum absolute atomic E-state index is 0.132. The van der Waals surface area contributed by atoms with Crippen molar-refractivity contribution in [2.45, 2.75) is 83.7 Å². The number of rotatable bonds is 7. The number of thiazole rings is 1. The third-order valence-corrected chi connectivity index (χ3v) is 9.84. The predicted molar refractivity (Wildman–Crippen MR) is 173 cm³/mol. The molecule has 2 unspecified atom stereocenters. The Morgan fingerprint density at radius 3 is 2.62 bits per heavy atom. The Morgan fingerprint density at radius 1 is 1.11 bits per heavy atom. The van der Waals surface area contributed by atoms with Crippen LogP contribution < -0.4 is 5.32 Å². The molecule has 2 aromatic carbocycles. The molecule has 0 saturated carbocycles. The summed E-state index contributed by atoms with van der Waals surface area (Å²) in [5.41, 5.74) is 2.53. The first-order valence-electron chi connectivity index (χ1n) is 15.8. The number of aromatic nitrogens is 2. The van der Waals surface area contributed by atoms with Crippen LogP contribution in [0.15, 0.2) is 42.6 Å². The average Bonchev–Trinajstić information content (AvgIpc) is 3.71. The molecule has 2 fully saturated rings. The fraction of sp³-hybridized carbons (Fsp3) is 0.500. The van der Waals surface area contributed by atoms with E-state index in [4.69, 9.17) is 9.72 Å². The van der Waals surface area contributed by atoms with Gasteiger partial charge in [-0.3, -0.25) is 9.20 Å². The predicted octanol–water partition coefficient (Wildman–Crippen LogP) is 7.37. The maximum Gasteiger partial charge on any atom is 0.410 e. The van der Waals surface area contributed by atoms with E-state index in [0.717, 1.165) is 48.1 Å². The number of carbonyl (C=O) groups is 2. The van der Waals surface area contributed by atoms with E-state index >= 15 is 4.39 Å². The number of carbonyl (C=O) groups excluding carboxylic acids is 2. The van der Waals surface area contributed by atoms with Gasteiger partial charge in [-0.05, 0) is 95.7 Å². The lowest BCUT2D eigenvalue weighted by molar-refractivity contribution is 0.0224. The van der Waals surface area contributed by atoms with Crippen LogP contribution in [0.3, 0.4) is 0 Å². The fourth-order valence-corrected chi connectivity index (χ4v) is 7.41. The quantitative estimate of drug-likeness (QED) is 0.229. The second kappa shape index (κ2) is 12.7. The number of amides is 2. The zero-order valence-electron chi connectivity index (χ0n) is 26.3. The smallest absolute Gasteiger partial charge is 0.410 e. The molecule has 0 radical (unpaired) electrons. The van der Waals surface area contributed by atoms with Crippen LogP contribution in [0.4, 0.5) is 13.6 Å². The summed E-state index contributed by atoms with van der Waals surface area (Å²) in [5.74, 6) is -0.522. The largest absolute Gasteiger partial charge is 0.444 e. The zero-order chi connectivity index (χ0) is 31.9. The number of nitrogens with one attached hydrogen (secondary N) is 1. The summed E-state index contributed by atoms with van der Waals surface area (Å²) in [4.78, 5) is 35.0. The van der Waals surface area contributed by atoms with Crippen molar-refractivity contribution in [1.29, 1.82) is 0 Å². The molecule has 6 rings (SSSR count).